The number of nitrogens with zero attached hydrogens (tertiary/aromatic N) is 3. The molecule has 3 N–H and O–H groups in total. The molecule has 5 rings (SSSR count). The normalized spacial score (nSPS) is 23.1. The number of urea groups is 1. The molecule has 3 heterocycles. The van der Waals surface area contributed by atoms with Gasteiger partial charge in [0.25, 0.3) is 0 Å². The van der Waals surface area contributed by atoms with E-state index in [1.165, 1.54) is 12.1 Å². The Bertz CT molecular complexity index is 1130. The third-order valence-corrected chi connectivity index (χ3v) is 6.44. The molecule has 2 aromatic carbocycles. The van der Waals surface area contributed by atoms with Gasteiger partial charge in [0.1, 0.15) is 24.2 Å². The Kier molecular flexibility index (Phi) is 5.94. The van der Waals surface area contributed by atoms with Crippen molar-refractivity contribution in [2.45, 2.75) is 24.7 Å². The predicted molar refractivity (Wildman–Crippen MR) is 126 cm³/mol. The van der Waals surface area contributed by atoms with Gasteiger partial charge in [-0.2, -0.15) is 0 Å². The second-order valence-electron chi connectivity index (χ2n) is 8.21. The summed E-state index contributed by atoms with van der Waals surface area (Å²) in [5.41, 5.74) is 8.29. The maximum absolute atomic E-state index is 13.0. The summed E-state index contributed by atoms with van der Waals surface area (Å²) >= 11 is 6.02. The Morgan fingerprint density at radius 3 is 2.65 bits per heavy atom. The first-order valence-corrected chi connectivity index (χ1v) is 11.2. The second kappa shape index (κ2) is 9.05. The molecule has 3 aliphatic heterocycles. The van der Waals surface area contributed by atoms with Crippen LogP contribution in [0, 0.1) is 0 Å². The average molecular weight is 485 g/mol. The molecule has 2 fully saturated rings. The quantitative estimate of drug-likeness (QED) is 0.579. The third kappa shape index (κ3) is 4.11. The van der Waals surface area contributed by atoms with Gasteiger partial charge in [-0.1, -0.05) is 23.7 Å². The van der Waals surface area contributed by atoms with Crippen molar-refractivity contribution in [3.8, 4) is 11.5 Å². The lowest BCUT2D eigenvalue weighted by atomic mass is 10.00. The van der Waals surface area contributed by atoms with E-state index in [2.05, 4.69) is 16.2 Å². The second-order valence-corrected chi connectivity index (χ2v) is 8.64. The van der Waals surface area contributed by atoms with Gasteiger partial charge >= 0.3 is 6.03 Å². The van der Waals surface area contributed by atoms with Gasteiger partial charge in [-0.25, -0.2) is 20.7 Å². The minimum atomic E-state index is -0.353. The van der Waals surface area contributed by atoms with Crippen LogP contribution in [0.15, 0.2) is 54.9 Å². The fourth-order valence-corrected chi connectivity index (χ4v) is 4.61. The van der Waals surface area contributed by atoms with Crippen LogP contribution < -0.4 is 25.6 Å². The molecule has 34 heavy (non-hydrogen) atoms. The molecule has 10 nitrogen and oxygen atoms in total. The van der Waals surface area contributed by atoms with E-state index in [4.69, 9.17) is 21.1 Å². The number of hydrogen-bond donors (Lipinski definition) is 3. The summed E-state index contributed by atoms with van der Waals surface area (Å²) in [6.45, 7) is -0.157. The van der Waals surface area contributed by atoms with Crippen LogP contribution in [-0.2, 0) is 4.79 Å². The number of anilines is 1. The molecule has 0 saturated carbocycles. The van der Waals surface area contributed by atoms with Gasteiger partial charge < -0.3 is 19.8 Å². The number of rotatable bonds is 6. The fraction of sp³-hybridized carbons (Fsp3) is 0.304. The zero-order chi connectivity index (χ0) is 23.8. The fourth-order valence-electron chi connectivity index (χ4n) is 4.48. The molecule has 0 spiro atoms. The van der Waals surface area contributed by atoms with Crippen LogP contribution in [0.25, 0.3) is 0 Å². The van der Waals surface area contributed by atoms with E-state index >= 15 is 0 Å². The minimum absolute atomic E-state index is 0.00984. The molecular formula is C23H25ClN6O4. The molecule has 0 radical (unpaired) electrons. The molecule has 3 aliphatic rings. The first kappa shape index (κ1) is 22.3. The van der Waals surface area contributed by atoms with E-state index in [1.54, 1.807) is 36.4 Å². The van der Waals surface area contributed by atoms with Gasteiger partial charge in [0.15, 0.2) is 0 Å². The van der Waals surface area contributed by atoms with Crippen LogP contribution in [0.5, 0.6) is 11.5 Å². The zero-order valence-electron chi connectivity index (χ0n) is 18.7. The summed E-state index contributed by atoms with van der Waals surface area (Å²) < 4.78 is 10.5. The number of nitrogens with one attached hydrogen (secondary N) is 3. The topological polar surface area (TPSA) is 98.4 Å². The summed E-state index contributed by atoms with van der Waals surface area (Å²) in [7, 11) is 3.07. The van der Waals surface area contributed by atoms with Gasteiger partial charge in [0.05, 0.1) is 32.0 Å². The van der Waals surface area contributed by atoms with Crippen LogP contribution in [0.3, 0.4) is 0 Å². The summed E-state index contributed by atoms with van der Waals surface area (Å²) in [4.78, 5) is 27.3. The highest BCUT2D eigenvalue weighted by Gasteiger charge is 2.48. The number of hydrazine groups is 2. The SMILES string of the molecule is COc1ccc(NC(=O)CN2NC3C4CC(c5ccc(Cl)cc5)NN4C=CN3C2=O)c(OC)c1. The zero-order valence-corrected chi connectivity index (χ0v) is 19.5. The number of methoxy groups -OCH3 is 2. The summed E-state index contributed by atoms with van der Waals surface area (Å²) in [6.07, 6.45) is 4.04. The van der Waals surface area contributed by atoms with Gasteiger partial charge in [0, 0.05) is 23.5 Å². The number of carbonyl (C=O) groups excluding carboxylic acids is 2. The van der Waals surface area contributed by atoms with Crippen molar-refractivity contribution < 1.29 is 19.1 Å². The molecule has 3 unspecified atom stereocenters. The summed E-state index contributed by atoms with van der Waals surface area (Å²) in [5.74, 6) is 0.727. The highest BCUT2D eigenvalue weighted by Crippen LogP contribution is 2.35. The number of hydrogen-bond acceptors (Lipinski definition) is 7. The Balaban J connectivity index is 1.25. The highest BCUT2D eigenvalue weighted by atomic mass is 35.5. The molecule has 0 aliphatic carbocycles. The van der Waals surface area contributed by atoms with E-state index < -0.39 is 0 Å². The number of halogens is 1. The van der Waals surface area contributed by atoms with Crippen LogP contribution in [0.1, 0.15) is 18.0 Å². The monoisotopic (exact) mass is 484 g/mol. The molecule has 11 heteroatoms. The van der Waals surface area contributed by atoms with Gasteiger partial charge in [-0.3, -0.25) is 9.69 Å². The van der Waals surface area contributed by atoms with Crippen molar-refractivity contribution >= 4 is 29.2 Å². The molecule has 3 amide bonds. The first-order chi connectivity index (χ1) is 16.5. The Morgan fingerprint density at radius 1 is 1.12 bits per heavy atom. The minimum Gasteiger partial charge on any atom is -0.497 e. The number of carbonyl (C=O) groups is 2. The lowest BCUT2D eigenvalue weighted by Crippen LogP contribution is -2.54. The molecular weight excluding hydrogens is 460 g/mol. The van der Waals surface area contributed by atoms with Crippen LogP contribution in [-0.4, -0.2) is 59.8 Å². The van der Waals surface area contributed by atoms with Crippen molar-refractivity contribution in [1.29, 1.82) is 0 Å². The summed E-state index contributed by atoms with van der Waals surface area (Å²) in [6, 6.07) is 12.6. The molecule has 178 valence electrons. The third-order valence-electron chi connectivity index (χ3n) is 6.19. The van der Waals surface area contributed by atoms with Gasteiger partial charge in [0.2, 0.25) is 5.91 Å². The summed E-state index contributed by atoms with van der Waals surface area (Å²) in [5, 5.41) is 6.83. The van der Waals surface area contributed by atoms with E-state index in [1.807, 2.05) is 35.5 Å². The lowest BCUT2D eigenvalue weighted by molar-refractivity contribution is -0.117. The Hall–Kier alpha value is -3.47. The largest absolute Gasteiger partial charge is 0.497 e. The molecule has 2 saturated heterocycles. The van der Waals surface area contributed by atoms with E-state index in [0.717, 1.165) is 12.0 Å². The number of ether oxygens (including phenoxy) is 2. The average Bonchev–Trinajstić information content (AvgIpc) is 3.41. The Morgan fingerprint density at radius 2 is 1.91 bits per heavy atom. The van der Waals surface area contributed by atoms with E-state index in [9.17, 15) is 9.59 Å². The van der Waals surface area contributed by atoms with Crippen molar-refractivity contribution in [3.63, 3.8) is 0 Å². The molecule has 0 bridgehead atoms. The smallest absolute Gasteiger partial charge is 0.340 e. The standard InChI is InChI=1S/C23H25ClN6O4/c1-33-16-7-8-17(20(11-16)34-2)25-21(31)13-30-23(32)28-9-10-29-19(22(28)27-30)12-18(26-29)14-3-5-15(24)6-4-14/h3-11,18-19,22,26-27H,12-13H2,1-2H3,(H,25,31). The van der Waals surface area contributed by atoms with Crippen molar-refractivity contribution in [2.75, 3.05) is 26.1 Å². The number of amides is 3. The molecule has 0 aromatic heterocycles. The van der Waals surface area contributed by atoms with Gasteiger partial charge in [-0.15, -0.1) is 0 Å². The van der Waals surface area contributed by atoms with Crippen LogP contribution >= 0.6 is 11.6 Å². The predicted octanol–water partition coefficient (Wildman–Crippen LogP) is 2.67. The first-order valence-electron chi connectivity index (χ1n) is 10.8. The van der Waals surface area contributed by atoms with E-state index in [0.29, 0.717) is 22.2 Å². The highest BCUT2D eigenvalue weighted by molar-refractivity contribution is 6.30. The van der Waals surface area contributed by atoms with Gasteiger partial charge in [-0.05, 0) is 36.2 Å². The maximum atomic E-state index is 13.0. The number of benzene rings is 2. The maximum Gasteiger partial charge on any atom is 0.340 e. The van der Waals surface area contributed by atoms with Crippen molar-refractivity contribution in [3.05, 3.63) is 65.5 Å². The lowest BCUT2D eigenvalue weighted by Gasteiger charge is -2.34. The number of fused-ring (bicyclic) bond motifs is 3. The Labute approximate surface area is 202 Å². The van der Waals surface area contributed by atoms with Crippen molar-refractivity contribution in [1.82, 2.24) is 25.8 Å². The van der Waals surface area contributed by atoms with E-state index in [-0.39, 0.29) is 36.7 Å². The molecule has 3 atom stereocenters. The van der Waals surface area contributed by atoms with Crippen LogP contribution in [0.4, 0.5) is 10.5 Å². The molecule has 2 aromatic rings. The van der Waals surface area contributed by atoms with Crippen LogP contribution in [0.2, 0.25) is 5.02 Å². The van der Waals surface area contributed by atoms with Crippen molar-refractivity contribution in [2.24, 2.45) is 0 Å².